The molecular weight excluding hydrogens is 228 g/mol. The van der Waals surface area contributed by atoms with Crippen molar-refractivity contribution in [2.24, 2.45) is 0 Å². The Morgan fingerprint density at radius 2 is 2.12 bits per heavy atom. The van der Waals surface area contributed by atoms with E-state index in [0.29, 0.717) is 5.25 Å². The van der Waals surface area contributed by atoms with Crippen molar-refractivity contribution in [2.45, 2.75) is 12.2 Å². The molecule has 0 bridgehead atoms. The van der Waals surface area contributed by atoms with Gasteiger partial charge in [0, 0.05) is 16.6 Å². The molecule has 0 aliphatic heterocycles. The molecule has 0 heterocycles. The van der Waals surface area contributed by atoms with E-state index in [2.05, 4.69) is 30.0 Å². The maximum Gasteiger partial charge on any atom is 0.186 e. The summed E-state index contributed by atoms with van der Waals surface area (Å²) in [6, 6.07) is 9.83. The monoisotopic (exact) mass is 240 g/mol. The van der Waals surface area contributed by atoms with E-state index in [1.165, 1.54) is 5.56 Å². The lowest BCUT2D eigenvalue weighted by molar-refractivity contribution is 0.354. The number of hydrogen-bond acceptors (Lipinski definition) is 1. The summed E-state index contributed by atoms with van der Waals surface area (Å²) in [4.78, 5) is 0. The van der Waals surface area contributed by atoms with Crippen LogP contribution in [0.5, 0.6) is 5.75 Å². The van der Waals surface area contributed by atoms with Gasteiger partial charge in [-0.1, -0.05) is 43.3 Å². The highest BCUT2D eigenvalue weighted by Crippen LogP contribution is 2.43. The molecule has 3 rings (SSSR count). The molecule has 1 nitrogen and oxygen atoms in total. The lowest BCUT2D eigenvalue weighted by Gasteiger charge is -2.20. The molecule has 84 valence electrons. The van der Waals surface area contributed by atoms with Crippen molar-refractivity contribution >= 4 is 28.6 Å². The Kier molecular flexibility index (Phi) is 2.60. The number of benzene rings is 2. The Morgan fingerprint density at radius 3 is 2.94 bits per heavy atom. The molecule has 0 N–H and O–H groups in total. The summed E-state index contributed by atoms with van der Waals surface area (Å²) in [6.07, 6.45) is 4.09. The van der Waals surface area contributed by atoms with Crippen molar-refractivity contribution in [3.8, 4) is 5.75 Å². The largest absolute Gasteiger partial charge is 0.289 e. The smallest absolute Gasteiger partial charge is 0.186 e. The maximum absolute atomic E-state index is 11.8. The van der Waals surface area contributed by atoms with Gasteiger partial charge in [-0.15, -0.1) is 11.8 Å². The Hall–Kier alpha value is -1.41. The van der Waals surface area contributed by atoms with Crippen LogP contribution < -0.4 is 0 Å². The van der Waals surface area contributed by atoms with Gasteiger partial charge in [0.05, 0.1) is 0 Å². The predicted octanol–water partition coefficient (Wildman–Crippen LogP) is 4.97. The lowest BCUT2D eigenvalue weighted by Crippen LogP contribution is -1.97. The van der Waals surface area contributed by atoms with E-state index < -0.39 is 0 Å². The van der Waals surface area contributed by atoms with E-state index in [1.807, 2.05) is 19.1 Å². The normalized spacial score (nSPS) is 17.6. The van der Waals surface area contributed by atoms with Crippen LogP contribution >= 0.6 is 11.8 Å². The van der Waals surface area contributed by atoms with Gasteiger partial charge in [0.1, 0.15) is 0 Å². The average molecular weight is 240 g/mol. The van der Waals surface area contributed by atoms with E-state index in [0.717, 1.165) is 16.3 Å². The summed E-state index contributed by atoms with van der Waals surface area (Å²) in [5.74, 6) is 2.21. The summed E-state index contributed by atoms with van der Waals surface area (Å²) in [6.45, 7) is 2.04. The van der Waals surface area contributed by atoms with E-state index in [4.69, 9.17) is 0 Å². The molecule has 0 spiro atoms. The van der Waals surface area contributed by atoms with Crippen molar-refractivity contribution in [1.29, 1.82) is 0 Å². The van der Waals surface area contributed by atoms with Gasteiger partial charge >= 0.3 is 0 Å². The third-order valence-electron chi connectivity index (χ3n) is 3.10. The molecule has 2 aromatic carbocycles. The quantitative estimate of drug-likeness (QED) is 0.725. The predicted molar refractivity (Wildman–Crippen MR) is 73.4 cm³/mol. The van der Waals surface area contributed by atoms with Crippen LogP contribution in [-0.2, 0) is 5.11 Å². The maximum atomic E-state index is 11.8. The zero-order valence-corrected chi connectivity index (χ0v) is 10.3. The minimum atomic E-state index is 0.116. The first-order valence-electron chi connectivity index (χ1n) is 5.65. The molecule has 0 aromatic heterocycles. The second-order valence-corrected chi connectivity index (χ2v) is 5.33. The van der Waals surface area contributed by atoms with Crippen LogP contribution in [0.15, 0.2) is 36.4 Å². The Morgan fingerprint density at radius 1 is 1.24 bits per heavy atom. The van der Waals surface area contributed by atoms with Crippen LogP contribution in [0, 0.1) is 5.75 Å². The minimum Gasteiger partial charge on any atom is -0.289 e. The summed E-state index contributed by atoms with van der Waals surface area (Å²) >= 11 is 1.78. The van der Waals surface area contributed by atoms with Crippen molar-refractivity contribution in [3.63, 3.8) is 0 Å². The minimum absolute atomic E-state index is 0.116. The van der Waals surface area contributed by atoms with Crippen LogP contribution in [0.3, 0.4) is 0 Å². The third-order valence-corrected chi connectivity index (χ3v) is 4.08. The zero-order valence-electron chi connectivity index (χ0n) is 9.51. The number of rotatable bonds is 2. The van der Waals surface area contributed by atoms with Crippen LogP contribution in [0.4, 0.5) is 0 Å². The topological polar surface area (TPSA) is 19.9 Å². The van der Waals surface area contributed by atoms with E-state index in [9.17, 15) is 5.11 Å². The Balaban J connectivity index is 2.31. The standard InChI is InChI=1S/C15H12OS/c1-2-17-14-9-7-11-13(16)8-6-10-4-3-5-12(14)15(10)11/h2-9,14H,1H3. The fourth-order valence-corrected chi connectivity index (χ4v) is 3.18. The van der Waals surface area contributed by atoms with Gasteiger partial charge in [-0.25, -0.2) is 0 Å². The molecular formula is C15H12OS. The number of hydrogen-bond donors (Lipinski definition) is 0. The van der Waals surface area contributed by atoms with Crippen molar-refractivity contribution in [1.82, 2.24) is 0 Å². The first kappa shape index (κ1) is 10.7. The van der Waals surface area contributed by atoms with Gasteiger partial charge in [-0.3, -0.25) is 5.11 Å². The van der Waals surface area contributed by atoms with Crippen LogP contribution in [0.2, 0.25) is 0 Å². The first-order chi connectivity index (χ1) is 8.31. The van der Waals surface area contributed by atoms with Crippen molar-refractivity contribution < 1.29 is 5.11 Å². The average Bonchev–Trinajstić information content (AvgIpc) is 2.36. The molecule has 1 unspecified atom stereocenters. The summed E-state index contributed by atoms with van der Waals surface area (Å²) in [5, 5.41) is 14.5. The van der Waals surface area contributed by atoms with E-state index in [1.54, 1.807) is 17.8 Å². The summed E-state index contributed by atoms with van der Waals surface area (Å²) in [7, 11) is 0. The third kappa shape index (κ3) is 1.64. The summed E-state index contributed by atoms with van der Waals surface area (Å²) < 4.78 is 0. The van der Waals surface area contributed by atoms with Gasteiger partial charge in [0.15, 0.2) is 5.75 Å². The van der Waals surface area contributed by atoms with Crippen molar-refractivity contribution in [3.05, 3.63) is 53.3 Å². The van der Waals surface area contributed by atoms with Crippen LogP contribution in [-0.4, -0.2) is 0 Å². The van der Waals surface area contributed by atoms with Gasteiger partial charge in [-0.05, 0) is 22.4 Å². The fourth-order valence-electron chi connectivity index (χ4n) is 2.37. The molecule has 2 radical (unpaired) electrons. The molecule has 0 amide bonds. The van der Waals surface area contributed by atoms with Gasteiger partial charge in [-0.2, -0.15) is 0 Å². The SMILES string of the molecule is C[CH]SC1C=Cc2c([O])ccc3cccc1c23. The molecule has 0 saturated heterocycles. The summed E-state index contributed by atoms with van der Waals surface area (Å²) in [5.41, 5.74) is 2.09. The molecule has 1 aliphatic rings. The van der Waals surface area contributed by atoms with Gasteiger partial charge in [0.2, 0.25) is 0 Å². The molecule has 0 saturated carbocycles. The van der Waals surface area contributed by atoms with Gasteiger partial charge in [0.25, 0.3) is 0 Å². The molecule has 2 aromatic rings. The number of thioether (sulfide) groups is 1. The molecule has 1 aliphatic carbocycles. The van der Waals surface area contributed by atoms with Crippen molar-refractivity contribution in [2.75, 3.05) is 0 Å². The molecule has 2 heteroatoms. The van der Waals surface area contributed by atoms with Crippen LogP contribution in [0.1, 0.15) is 23.3 Å². The molecule has 1 atom stereocenters. The molecule has 17 heavy (non-hydrogen) atoms. The van der Waals surface area contributed by atoms with E-state index >= 15 is 0 Å². The lowest BCUT2D eigenvalue weighted by atomic mass is 9.92. The molecule has 0 fully saturated rings. The first-order valence-corrected chi connectivity index (χ1v) is 6.59. The second-order valence-electron chi connectivity index (χ2n) is 4.07. The van der Waals surface area contributed by atoms with Crippen LogP contribution in [0.25, 0.3) is 16.8 Å². The highest BCUT2D eigenvalue weighted by Gasteiger charge is 2.19. The highest BCUT2D eigenvalue weighted by molar-refractivity contribution is 8.01. The second kappa shape index (κ2) is 4.11. The fraction of sp³-hybridized carbons (Fsp3) is 0.133. The Labute approximate surface area is 105 Å². The van der Waals surface area contributed by atoms with E-state index in [-0.39, 0.29) is 5.75 Å². The zero-order chi connectivity index (χ0) is 11.8. The Bertz CT molecular complexity index is 601. The highest BCUT2D eigenvalue weighted by atomic mass is 32.2. The van der Waals surface area contributed by atoms with Gasteiger partial charge < -0.3 is 0 Å².